The zero-order chi connectivity index (χ0) is 9.83. The van der Waals surface area contributed by atoms with Gasteiger partial charge in [0.25, 0.3) is 6.21 Å². The lowest BCUT2D eigenvalue weighted by atomic mass is 11.2. The smallest absolute Gasteiger partial charge is 0.143 e. The fraction of sp³-hybridized carbons (Fsp3) is 0. The van der Waals surface area contributed by atoms with Crippen LogP contribution in [0.15, 0.2) is 49.1 Å². The van der Waals surface area contributed by atoms with E-state index in [4.69, 9.17) is 22.2 Å². The Morgan fingerprint density at radius 3 is 1.17 bits per heavy atom. The highest BCUT2D eigenvalue weighted by Crippen LogP contribution is 2.30. The molecule has 0 bridgehead atoms. The molecule has 0 aromatic heterocycles. The Bertz CT molecular complexity index is 199. The van der Waals surface area contributed by atoms with Crippen LogP contribution in [0.25, 0.3) is 0 Å². The first-order valence-corrected chi connectivity index (χ1v) is 10.7. The summed E-state index contributed by atoms with van der Waals surface area (Å²) in [6.45, 7) is 14.8. The fourth-order valence-corrected chi connectivity index (χ4v) is 10.2. The van der Waals surface area contributed by atoms with Crippen molar-refractivity contribution in [1.82, 2.24) is 0 Å². The Morgan fingerprint density at radius 1 is 0.750 bits per heavy atom. The van der Waals surface area contributed by atoms with Crippen LogP contribution in [0.4, 0.5) is 0 Å². The molecule has 0 nitrogen and oxygen atoms in total. The van der Waals surface area contributed by atoms with Crippen molar-refractivity contribution in [2.24, 2.45) is 0 Å². The third kappa shape index (κ3) is 1.83. The van der Waals surface area contributed by atoms with Gasteiger partial charge in [-0.1, -0.05) is 22.8 Å². The van der Waals surface area contributed by atoms with Crippen LogP contribution >= 0.6 is 22.2 Å². The largest absolute Gasteiger partial charge is 0.273 e. The summed E-state index contributed by atoms with van der Waals surface area (Å²) in [5.41, 5.74) is 7.01. The van der Waals surface area contributed by atoms with Gasteiger partial charge in [0, 0.05) is 0 Å². The number of halogens is 2. The predicted octanol–water partition coefficient (Wildman–Crippen LogP) is 3.33. The Hall–Kier alpha value is -0.0262. The first-order chi connectivity index (χ1) is 5.49. The van der Waals surface area contributed by atoms with Crippen LogP contribution in [-0.2, 0) is 0 Å². The number of hydrogen-bond acceptors (Lipinski definition) is 0. The third-order valence-electron chi connectivity index (χ3n) is 1.85. The molecule has 0 aliphatic carbocycles. The van der Waals surface area contributed by atoms with Gasteiger partial charge in [-0.2, -0.15) is 0 Å². The van der Waals surface area contributed by atoms with E-state index in [1.54, 1.807) is 22.8 Å². The van der Waals surface area contributed by atoms with Crippen LogP contribution in [0.2, 0.25) is 0 Å². The zero-order valence-electron chi connectivity index (χ0n) is 6.89. The van der Waals surface area contributed by atoms with Gasteiger partial charge in [0.1, 0.15) is 0 Å². The quantitative estimate of drug-likeness (QED) is 0.506. The summed E-state index contributed by atoms with van der Waals surface area (Å²) in [6, 6.07) is 0. The van der Waals surface area contributed by atoms with Crippen LogP contribution in [-0.4, -0.2) is 13.8 Å². The van der Waals surface area contributed by atoms with E-state index in [-0.39, 0.29) is 0 Å². The Kier molecular flexibility index (Phi) is 4.27. The minimum Gasteiger partial charge on any atom is -0.143 e. The van der Waals surface area contributed by atoms with Gasteiger partial charge in [-0.3, -0.25) is 0 Å². The average Bonchev–Trinajstić information content (AvgIpc) is 2.08. The molecule has 0 fully saturated rings. The van der Waals surface area contributed by atoms with Crippen molar-refractivity contribution in [3.63, 3.8) is 0 Å². The van der Waals surface area contributed by atoms with Gasteiger partial charge in [0.05, 0.1) is 0 Å². The van der Waals surface area contributed by atoms with E-state index < -0.39 is 13.8 Å². The summed E-state index contributed by atoms with van der Waals surface area (Å²) in [7, 11) is -2.10. The maximum Gasteiger partial charge on any atom is 0.273 e. The highest BCUT2D eigenvalue weighted by atomic mass is 35.7. The molecule has 0 amide bonds. The molecule has 0 aromatic rings. The van der Waals surface area contributed by atoms with E-state index in [2.05, 4.69) is 26.3 Å². The number of hydrogen-bond donors (Lipinski definition) is 0. The van der Waals surface area contributed by atoms with Crippen molar-refractivity contribution in [1.29, 1.82) is 0 Å². The van der Waals surface area contributed by atoms with E-state index in [1.165, 1.54) is 0 Å². The lowest BCUT2D eigenvalue weighted by Crippen LogP contribution is -2.51. The van der Waals surface area contributed by atoms with E-state index in [0.717, 1.165) is 0 Å². The summed E-state index contributed by atoms with van der Waals surface area (Å²) >= 11 is 12.4. The molecule has 0 unspecified atom stereocenters. The third-order valence-corrected chi connectivity index (χ3v) is 18.3. The highest BCUT2D eigenvalue weighted by Gasteiger charge is 2.46. The van der Waals surface area contributed by atoms with Crippen LogP contribution in [0, 0.1) is 0 Å². The monoisotopic (exact) mass is 234 g/mol. The van der Waals surface area contributed by atoms with Crippen LogP contribution in [0.1, 0.15) is 0 Å². The Balaban J connectivity index is 5.21. The van der Waals surface area contributed by atoms with Crippen LogP contribution in [0.3, 0.4) is 0 Å². The maximum atomic E-state index is 6.18. The molecule has 0 aliphatic rings. The van der Waals surface area contributed by atoms with Crippen molar-refractivity contribution in [3.8, 4) is 0 Å². The first-order valence-electron chi connectivity index (χ1n) is 3.42. The molecule has 12 heavy (non-hydrogen) atoms. The van der Waals surface area contributed by atoms with Gasteiger partial charge in [0.15, 0.2) is 7.59 Å². The minimum absolute atomic E-state index is 1.63. The van der Waals surface area contributed by atoms with E-state index in [1.807, 2.05) is 0 Å². The second-order valence-electron chi connectivity index (χ2n) is 2.37. The molecule has 66 valence electrons. The lowest BCUT2D eigenvalue weighted by Gasteiger charge is -2.28. The van der Waals surface area contributed by atoms with Gasteiger partial charge >= 0.3 is 0 Å². The molecule has 0 aliphatic heterocycles. The summed E-state index contributed by atoms with van der Waals surface area (Å²) in [6.07, 6.45) is -2.46. The van der Waals surface area contributed by atoms with Gasteiger partial charge in [-0.15, -0.1) is 48.5 Å². The predicted molar refractivity (Wildman–Crippen MR) is 64.0 cm³/mol. The first kappa shape index (κ1) is 12.0. The average molecular weight is 235 g/mol. The summed E-state index contributed by atoms with van der Waals surface area (Å²) in [5.74, 6) is 0. The van der Waals surface area contributed by atoms with Crippen LogP contribution in [0.5, 0.6) is 0 Å². The molecule has 0 spiro atoms. The highest BCUT2D eigenvalue weighted by molar-refractivity contribution is 7.79. The molecule has 0 heterocycles. The Morgan fingerprint density at radius 2 is 1.08 bits per heavy atom. The maximum absolute atomic E-state index is 6.18. The molecule has 4 heteroatoms. The normalized spacial score (nSPS) is 11.8. The van der Waals surface area contributed by atoms with Crippen LogP contribution < -0.4 is 0 Å². The molecular formula is C8H12Cl2Si2. The van der Waals surface area contributed by atoms with E-state index in [9.17, 15) is 0 Å². The van der Waals surface area contributed by atoms with E-state index in [0.29, 0.717) is 0 Å². The minimum atomic E-state index is -2.46. The second-order valence-corrected chi connectivity index (χ2v) is 18.1. The molecule has 0 saturated carbocycles. The Labute approximate surface area is 85.1 Å². The number of rotatable bonds is 5. The lowest BCUT2D eigenvalue weighted by molar-refractivity contribution is 2.17. The van der Waals surface area contributed by atoms with Crippen molar-refractivity contribution >= 4 is 36.0 Å². The van der Waals surface area contributed by atoms with Gasteiger partial charge in [-0.25, -0.2) is 0 Å². The zero-order valence-corrected chi connectivity index (χ0v) is 10.4. The summed E-state index contributed by atoms with van der Waals surface area (Å²) in [4.78, 5) is 0. The van der Waals surface area contributed by atoms with Crippen molar-refractivity contribution in [2.45, 2.75) is 0 Å². The molecule has 0 rings (SSSR count). The standard InChI is InChI=1S/C8H12Cl2Si2/c1-5-11(6-2,7-3)12(9,10)8-4/h5-8H,1-4H2. The van der Waals surface area contributed by atoms with Crippen molar-refractivity contribution < 1.29 is 0 Å². The topological polar surface area (TPSA) is 0 Å². The molecule has 0 saturated heterocycles. The summed E-state index contributed by atoms with van der Waals surface area (Å²) < 4.78 is 0. The van der Waals surface area contributed by atoms with Crippen molar-refractivity contribution in [3.05, 3.63) is 49.1 Å². The summed E-state index contributed by atoms with van der Waals surface area (Å²) in [5, 5.41) is 0. The second kappa shape index (κ2) is 4.28. The van der Waals surface area contributed by atoms with Crippen molar-refractivity contribution in [2.75, 3.05) is 0 Å². The van der Waals surface area contributed by atoms with Gasteiger partial charge < -0.3 is 0 Å². The van der Waals surface area contributed by atoms with Gasteiger partial charge in [-0.05, 0) is 0 Å². The van der Waals surface area contributed by atoms with E-state index >= 15 is 0 Å². The molecule has 0 N–H and O–H groups in total. The molecule has 0 radical (unpaired) electrons. The van der Waals surface area contributed by atoms with Gasteiger partial charge in [0.2, 0.25) is 0 Å². The molecule has 0 atom stereocenters. The fourth-order valence-electron chi connectivity index (χ4n) is 0.835. The molecular weight excluding hydrogens is 223 g/mol. The SMILES string of the molecule is C=C[Si](Cl)(Cl)[Si](C=C)(C=C)C=C. The molecule has 0 aromatic carbocycles.